The van der Waals surface area contributed by atoms with Crippen LogP contribution in [0.4, 0.5) is 26.6 Å². The Labute approximate surface area is 201 Å². The molecule has 0 spiro atoms. The van der Waals surface area contributed by atoms with Gasteiger partial charge in [-0.15, -0.1) is 0 Å². The van der Waals surface area contributed by atoms with Gasteiger partial charge in [0.25, 0.3) is 6.43 Å². The number of hydrogen-bond donors (Lipinski definition) is 2. The van der Waals surface area contributed by atoms with E-state index in [0.29, 0.717) is 51.9 Å². The second-order valence-electron chi connectivity index (χ2n) is 8.41. The van der Waals surface area contributed by atoms with E-state index >= 15 is 0 Å². The first kappa shape index (κ1) is 25.8. The van der Waals surface area contributed by atoms with Crippen LogP contribution in [-0.4, -0.2) is 67.7 Å². The predicted octanol–water partition coefficient (Wildman–Crippen LogP) is 2.17. The Hall–Kier alpha value is -3.77. The number of rotatable bonds is 9. The molecule has 0 unspecified atom stereocenters. The van der Waals surface area contributed by atoms with Gasteiger partial charge in [-0.3, -0.25) is 9.59 Å². The number of nitrogens with two attached hydrogens (primary N) is 2. The summed E-state index contributed by atoms with van der Waals surface area (Å²) in [6.07, 6.45) is 1.96. The molecule has 35 heavy (non-hydrogen) atoms. The van der Waals surface area contributed by atoms with Crippen molar-refractivity contribution in [2.24, 2.45) is 0 Å². The number of allylic oxidation sites excluding steroid dienone is 2. The standard InChI is InChI=1S/C22H29F2N9O2/c1-13(2)11-14(34)5-3-4-6-16(35)32-7-9-33(10-8-32)22-30-19(29-21(26)31-22)15-12-27-20(25)28-17(15)18(23)24/h11-12,18H,3-10H2,1-2H3,(H2,25,27,28)(H2,26,29,30,31). The zero-order chi connectivity index (χ0) is 25.5. The van der Waals surface area contributed by atoms with Crippen molar-refractivity contribution in [3.8, 4) is 11.4 Å². The van der Waals surface area contributed by atoms with Gasteiger partial charge in [-0.2, -0.15) is 15.0 Å². The molecule has 0 saturated carbocycles. The minimum atomic E-state index is -2.91. The van der Waals surface area contributed by atoms with Crippen LogP contribution in [-0.2, 0) is 9.59 Å². The van der Waals surface area contributed by atoms with Crippen molar-refractivity contribution in [1.29, 1.82) is 0 Å². The highest BCUT2D eigenvalue weighted by Gasteiger charge is 2.25. The Kier molecular flexibility index (Phi) is 8.55. The maximum absolute atomic E-state index is 13.5. The Morgan fingerprint density at radius 3 is 2.34 bits per heavy atom. The molecule has 13 heteroatoms. The lowest BCUT2D eigenvalue weighted by atomic mass is 10.1. The molecule has 188 valence electrons. The molecule has 1 aliphatic rings. The lowest BCUT2D eigenvalue weighted by molar-refractivity contribution is -0.131. The van der Waals surface area contributed by atoms with Gasteiger partial charge in [0, 0.05) is 45.2 Å². The number of anilines is 3. The summed E-state index contributed by atoms with van der Waals surface area (Å²) in [7, 11) is 0. The Morgan fingerprint density at radius 2 is 1.69 bits per heavy atom. The van der Waals surface area contributed by atoms with Gasteiger partial charge in [-0.25, -0.2) is 18.7 Å². The monoisotopic (exact) mass is 489 g/mol. The first-order chi connectivity index (χ1) is 16.6. The number of nitrogen functional groups attached to an aromatic ring is 2. The number of halogens is 2. The summed E-state index contributed by atoms with van der Waals surface area (Å²) in [5, 5.41) is 0. The van der Waals surface area contributed by atoms with Crippen molar-refractivity contribution < 1.29 is 18.4 Å². The molecule has 3 heterocycles. The second kappa shape index (κ2) is 11.6. The van der Waals surface area contributed by atoms with Crippen molar-refractivity contribution >= 4 is 29.5 Å². The van der Waals surface area contributed by atoms with Crippen LogP contribution in [0.3, 0.4) is 0 Å². The minimum Gasteiger partial charge on any atom is -0.368 e. The van der Waals surface area contributed by atoms with Crippen molar-refractivity contribution in [2.75, 3.05) is 42.5 Å². The number of nitrogens with zero attached hydrogens (tertiary/aromatic N) is 7. The molecule has 0 aromatic carbocycles. The summed E-state index contributed by atoms with van der Waals surface area (Å²) in [4.78, 5) is 47.6. The van der Waals surface area contributed by atoms with E-state index in [4.69, 9.17) is 11.5 Å². The molecule has 0 aliphatic carbocycles. The maximum atomic E-state index is 13.5. The Balaban J connectivity index is 1.59. The highest BCUT2D eigenvalue weighted by molar-refractivity contribution is 5.90. The van der Waals surface area contributed by atoms with E-state index in [1.54, 1.807) is 11.0 Å². The molecule has 1 amide bonds. The van der Waals surface area contributed by atoms with Crippen LogP contribution in [0.1, 0.15) is 51.7 Å². The first-order valence-corrected chi connectivity index (χ1v) is 11.3. The van der Waals surface area contributed by atoms with Gasteiger partial charge in [0.05, 0.1) is 5.56 Å². The summed E-state index contributed by atoms with van der Waals surface area (Å²) in [6, 6.07) is 0. The van der Waals surface area contributed by atoms with Crippen LogP contribution in [0.5, 0.6) is 0 Å². The zero-order valence-corrected chi connectivity index (χ0v) is 19.7. The summed E-state index contributed by atoms with van der Waals surface area (Å²) >= 11 is 0. The molecule has 0 bridgehead atoms. The van der Waals surface area contributed by atoms with E-state index in [0.717, 1.165) is 11.8 Å². The number of piperazine rings is 1. The van der Waals surface area contributed by atoms with E-state index in [2.05, 4.69) is 24.9 Å². The third-order valence-corrected chi connectivity index (χ3v) is 5.35. The van der Waals surface area contributed by atoms with E-state index in [1.165, 1.54) is 0 Å². The SMILES string of the molecule is CC(C)=CC(=O)CCCCC(=O)N1CCN(c2nc(N)nc(-c3cnc(N)nc3C(F)F)n2)CC1. The van der Waals surface area contributed by atoms with E-state index < -0.39 is 12.1 Å². The number of aromatic nitrogens is 5. The number of hydrogen-bond acceptors (Lipinski definition) is 10. The van der Waals surface area contributed by atoms with Crippen molar-refractivity contribution in [3.63, 3.8) is 0 Å². The quantitative estimate of drug-likeness (QED) is 0.395. The topological polar surface area (TPSA) is 157 Å². The molecule has 2 aromatic heterocycles. The van der Waals surface area contributed by atoms with Gasteiger partial charge < -0.3 is 21.3 Å². The van der Waals surface area contributed by atoms with Gasteiger partial charge in [0.2, 0.25) is 23.8 Å². The summed E-state index contributed by atoms with van der Waals surface area (Å²) in [6.45, 7) is 5.52. The first-order valence-electron chi connectivity index (χ1n) is 11.3. The molecule has 1 fully saturated rings. The summed E-state index contributed by atoms with van der Waals surface area (Å²) in [5.74, 6) is -0.183. The molecular formula is C22H29F2N9O2. The normalized spacial score (nSPS) is 13.7. The molecule has 2 aromatic rings. The molecule has 1 aliphatic heterocycles. The Bertz CT molecular complexity index is 1100. The van der Waals surface area contributed by atoms with Gasteiger partial charge in [0.1, 0.15) is 5.69 Å². The van der Waals surface area contributed by atoms with Gasteiger partial charge in [0.15, 0.2) is 11.6 Å². The largest absolute Gasteiger partial charge is 0.368 e. The van der Waals surface area contributed by atoms with Crippen molar-refractivity contribution in [3.05, 3.63) is 23.5 Å². The van der Waals surface area contributed by atoms with Crippen molar-refractivity contribution in [1.82, 2.24) is 29.8 Å². The van der Waals surface area contributed by atoms with E-state index in [9.17, 15) is 18.4 Å². The average molecular weight is 490 g/mol. The molecule has 0 atom stereocenters. The maximum Gasteiger partial charge on any atom is 0.281 e. The molecule has 3 rings (SSSR count). The van der Waals surface area contributed by atoms with Crippen LogP contribution < -0.4 is 16.4 Å². The fourth-order valence-electron chi connectivity index (χ4n) is 3.67. The molecule has 0 radical (unpaired) electrons. The average Bonchev–Trinajstić information content (AvgIpc) is 2.81. The van der Waals surface area contributed by atoms with Crippen LogP contribution in [0.25, 0.3) is 11.4 Å². The van der Waals surface area contributed by atoms with E-state index in [1.807, 2.05) is 18.7 Å². The highest BCUT2D eigenvalue weighted by Crippen LogP contribution is 2.28. The number of carbonyl (C=O) groups excluding carboxylic acids is 2. The lowest BCUT2D eigenvalue weighted by Gasteiger charge is -2.34. The minimum absolute atomic E-state index is 0.0239. The van der Waals surface area contributed by atoms with E-state index in [-0.39, 0.29) is 40.9 Å². The van der Waals surface area contributed by atoms with Crippen LogP contribution >= 0.6 is 0 Å². The number of carbonyl (C=O) groups is 2. The number of unbranched alkanes of at least 4 members (excludes halogenated alkanes) is 1. The predicted molar refractivity (Wildman–Crippen MR) is 126 cm³/mol. The molecular weight excluding hydrogens is 460 g/mol. The second-order valence-corrected chi connectivity index (χ2v) is 8.41. The smallest absolute Gasteiger partial charge is 0.281 e. The van der Waals surface area contributed by atoms with Crippen LogP contribution in [0, 0.1) is 0 Å². The number of amides is 1. The van der Waals surface area contributed by atoms with Gasteiger partial charge in [-0.05, 0) is 32.8 Å². The summed E-state index contributed by atoms with van der Waals surface area (Å²) in [5.41, 5.74) is 11.5. The molecule has 1 saturated heterocycles. The lowest BCUT2D eigenvalue weighted by Crippen LogP contribution is -2.49. The highest BCUT2D eigenvalue weighted by atomic mass is 19.3. The van der Waals surface area contributed by atoms with Crippen LogP contribution in [0.2, 0.25) is 0 Å². The van der Waals surface area contributed by atoms with Crippen molar-refractivity contribution in [2.45, 2.75) is 46.0 Å². The Morgan fingerprint density at radius 1 is 1.00 bits per heavy atom. The number of alkyl halides is 2. The number of ketones is 1. The zero-order valence-electron chi connectivity index (χ0n) is 19.7. The molecule has 4 N–H and O–H groups in total. The fourth-order valence-corrected chi connectivity index (χ4v) is 3.67. The third kappa shape index (κ3) is 7.11. The van der Waals surface area contributed by atoms with Crippen LogP contribution in [0.15, 0.2) is 17.8 Å². The fraction of sp³-hybridized carbons (Fsp3) is 0.500. The van der Waals surface area contributed by atoms with Gasteiger partial charge in [-0.1, -0.05) is 5.57 Å². The van der Waals surface area contributed by atoms with Gasteiger partial charge >= 0.3 is 0 Å². The molecule has 11 nitrogen and oxygen atoms in total. The third-order valence-electron chi connectivity index (χ3n) is 5.35. The summed E-state index contributed by atoms with van der Waals surface area (Å²) < 4.78 is 26.9.